The van der Waals surface area contributed by atoms with Gasteiger partial charge in [0.15, 0.2) is 0 Å². The molecule has 1 heterocycles. The number of halogens is 1. The molecule has 4 heteroatoms. The van der Waals surface area contributed by atoms with E-state index in [4.69, 9.17) is 16.6 Å². The number of para-hydroxylation sites is 2. The Labute approximate surface area is 128 Å². The fourth-order valence-electron chi connectivity index (χ4n) is 2.71. The van der Waals surface area contributed by atoms with Crippen LogP contribution in [0.15, 0.2) is 48.5 Å². The van der Waals surface area contributed by atoms with Crippen LogP contribution in [0.25, 0.3) is 11.0 Å². The minimum absolute atomic E-state index is 0.624. The highest BCUT2D eigenvalue weighted by Crippen LogP contribution is 2.38. The molecule has 0 unspecified atom stereocenters. The van der Waals surface area contributed by atoms with E-state index < -0.39 is 0 Å². The molecule has 0 radical (unpaired) electrons. The smallest absolute Gasteiger partial charge is 0.129 e. The number of rotatable bonds is 4. The third kappa shape index (κ3) is 2.49. The van der Waals surface area contributed by atoms with E-state index in [1.54, 1.807) is 0 Å². The minimum Gasteiger partial charge on any atom is -0.378 e. The lowest BCUT2D eigenvalue weighted by atomic mass is 10.3. The first kappa shape index (κ1) is 12.7. The van der Waals surface area contributed by atoms with Crippen molar-refractivity contribution < 1.29 is 0 Å². The Bertz CT molecular complexity index is 772. The molecule has 0 atom stereocenters. The molecule has 1 saturated carbocycles. The summed E-state index contributed by atoms with van der Waals surface area (Å²) in [6.07, 6.45) is 2.52. The summed E-state index contributed by atoms with van der Waals surface area (Å²) in [7, 11) is 0. The molecule has 1 aliphatic carbocycles. The van der Waals surface area contributed by atoms with Gasteiger partial charge in [0, 0.05) is 16.8 Å². The van der Waals surface area contributed by atoms with Crippen LogP contribution in [0.1, 0.15) is 24.7 Å². The lowest BCUT2D eigenvalue weighted by Gasteiger charge is -2.09. The highest BCUT2D eigenvalue weighted by molar-refractivity contribution is 6.30. The van der Waals surface area contributed by atoms with Crippen molar-refractivity contribution in [3.05, 3.63) is 59.4 Å². The predicted molar refractivity (Wildman–Crippen MR) is 86.8 cm³/mol. The van der Waals surface area contributed by atoms with Gasteiger partial charge < -0.3 is 9.88 Å². The summed E-state index contributed by atoms with van der Waals surface area (Å²) < 4.78 is 2.39. The Morgan fingerprint density at radius 1 is 1.10 bits per heavy atom. The van der Waals surface area contributed by atoms with Crippen molar-refractivity contribution in [3.63, 3.8) is 0 Å². The molecule has 0 amide bonds. The van der Waals surface area contributed by atoms with E-state index >= 15 is 0 Å². The van der Waals surface area contributed by atoms with Gasteiger partial charge in [0.1, 0.15) is 5.82 Å². The van der Waals surface area contributed by atoms with E-state index in [-0.39, 0.29) is 0 Å². The Kier molecular flexibility index (Phi) is 3.08. The van der Waals surface area contributed by atoms with Gasteiger partial charge in [-0.3, -0.25) is 0 Å². The van der Waals surface area contributed by atoms with Gasteiger partial charge in [0.05, 0.1) is 17.6 Å². The van der Waals surface area contributed by atoms with E-state index in [1.165, 1.54) is 18.4 Å². The number of anilines is 1. The molecule has 0 spiro atoms. The van der Waals surface area contributed by atoms with Crippen molar-refractivity contribution in [2.45, 2.75) is 25.4 Å². The van der Waals surface area contributed by atoms with Crippen LogP contribution >= 0.6 is 11.6 Å². The first-order chi connectivity index (χ1) is 10.3. The number of benzene rings is 2. The lowest BCUT2D eigenvalue weighted by Crippen LogP contribution is -2.07. The van der Waals surface area contributed by atoms with Crippen LogP contribution in [-0.4, -0.2) is 9.55 Å². The molecule has 106 valence electrons. The summed E-state index contributed by atoms with van der Waals surface area (Å²) in [6.45, 7) is 0.729. The summed E-state index contributed by atoms with van der Waals surface area (Å²) >= 11 is 5.91. The molecule has 0 aliphatic heterocycles. The van der Waals surface area contributed by atoms with Crippen molar-refractivity contribution in [3.8, 4) is 0 Å². The summed E-state index contributed by atoms with van der Waals surface area (Å²) in [6, 6.07) is 16.8. The van der Waals surface area contributed by atoms with Crippen LogP contribution < -0.4 is 5.32 Å². The Morgan fingerprint density at radius 3 is 2.62 bits per heavy atom. The largest absolute Gasteiger partial charge is 0.378 e. The summed E-state index contributed by atoms with van der Waals surface area (Å²) in [4.78, 5) is 4.78. The molecule has 3 nitrogen and oxygen atoms in total. The number of aromatic nitrogens is 2. The first-order valence-corrected chi connectivity index (χ1v) is 7.64. The second-order valence-corrected chi connectivity index (χ2v) is 5.91. The Morgan fingerprint density at radius 2 is 1.86 bits per heavy atom. The quantitative estimate of drug-likeness (QED) is 0.760. The molecule has 1 fully saturated rings. The summed E-state index contributed by atoms with van der Waals surface area (Å²) in [5.41, 5.74) is 3.39. The molecule has 4 rings (SSSR count). The van der Waals surface area contributed by atoms with Gasteiger partial charge in [-0.05, 0) is 49.2 Å². The second-order valence-electron chi connectivity index (χ2n) is 5.48. The van der Waals surface area contributed by atoms with Crippen molar-refractivity contribution in [2.75, 3.05) is 5.32 Å². The number of nitrogens with zero attached hydrogens (tertiary/aromatic N) is 2. The van der Waals surface area contributed by atoms with Crippen LogP contribution in [0, 0.1) is 0 Å². The first-order valence-electron chi connectivity index (χ1n) is 7.26. The number of fused-ring (bicyclic) bond motifs is 1. The van der Waals surface area contributed by atoms with E-state index in [1.807, 2.05) is 30.3 Å². The van der Waals surface area contributed by atoms with Gasteiger partial charge >= 0.3 is 0 Å². The molecule has 1 aromatic heterocycles. The zero-order chi connectivity index (χ0) is 14.2. The molecule has 0 saturated heterocycles. The van der Waals surface area contributed by atoms with Gasteiger partial charge in [0.25, 0.3) is 0 Å². The van der Waals surface area contributed by atoms with Gasteiger partial charge in [0.2, 0.25) is 0 Å². The number of hydrogen-bond donors (Lipinski definition) is 1. The van der Waals surface area contributed by atoms with E-state index in [9.17, 15) is 0 Å². The molecule has 3 aromatic rings. The fourth-order valence-corrected chi connectivity index (χ4v) is 2.83. The van der Waals surface area contributed by atoms with Gasteiger partial charge in [-0.25, -0.2) is 4.98 Å². The monoisotopic (exact) mass is 297 g/mol. The Hall–Kier alpha value is -2.00. The van der Waals surface area contributed by atoms with Crippen LogP contribution in [0.3, 0.4) is 0 Å². The van der Waals surface area contributed by atoms with E-state index in [0.717, 1.165) is 28.6 Å². The minimum atomic E-state index is 0.624. The fraction of sp³-hybridized carbons (Fsp3) is 0.235. The lowest BCUT2D eigenvalue weighted by molar-refractivity contribution is 0.711. The third-order valence-electron chi connectivity index (χ3n) is 3.88. The van der Waals surface area contributed by atoms with Gasteiger partial charge in [-0.2, -0.15) is 0 Å². The van der Waals surface area contributed by atoms with Crippen molar-refractivity contribution >= 4 is 28.3 Å². The number of nitrogens with one attached hydrogen (secondary N) is 1. The van der Waals surface area contributed by atoms with Gasteiger partial charge in [-0.1, -0.05) is 23.7 Å². The van der Waals surface area contributed by atoms with Crippen LogP contribution in [-0.2, 0) is 6.54 Å². The molecular weight excluding hydrogens is 282 g/mol. The maximum Gasteiger partial charge on any atom is 0.129 e. The van der Waals surface area contributed by atoms with Crippen LogP contribution in [0.2, 0.25) is 5.02 Å². The standard InChI is InChI=1S/C17H16ClN3/c18-12-5-7-13(8-6-12)19-11-17-20-15-3-1-2-4-16(15)21(17)14-9-10-14/h1-8,14,19H,9-11H2. The van der Waals surface area contributed by atoms with Crippen LogP contribution in [0.5, 0.6) is 0 Å². The average Bonchev–Trinajstić information content (AvgIpc) is 3.27. The SMILES string of the molecule is Clc1ccc(NCc2nc3ccccc3n2C2CC2)cc1. The number of imidazole rings is 1. The van der Waals surface area contributed by atoms with E-state index in [2.05, 4.69) is 28.1 Å². The summed E-state index contributed by atoms with van der Waals surface area (Å²) in [5.74, 6) is 1.11. The van der Waals surface area contributed by atoms with Crippen LogP contribution in [0.4, 0.5) is 5.69 Å². The highest BCUT2D eigenvalue weighted by Gasteiger charge is 2.27. The zero-order valence-corrected chi connectivity index (χ0v) is 12.3. The maximum atomic E-state index is 5.91. The van der Waals surface area contributed by atoms with Crippen molar-refractivity contribution in [1.29, 1.82) is 0 Å². The highest BCUT2D eigenvalue weighted by atomic mass is 35.5. The molecule has 1 N–H and O–H groups in total. The topological polar surface area (TPSA) is 29.9 Å². The molecule has 1 aliphatic rings. The van der Waals surface area contributed by atoms with Crippen molar-refractivity contribution in [2.24, 2.45) is 0 Å². The zero-order valence-electron chi connectivity index (χ0n) is 11.6. The second kappa shape index (κ2) is 5.08. The summed E-state index contributed by atoms with van der Waals surface area (Å²) in [5, 5.41) is 4.19. The Balaban J connectivity index is 1.63. The molecule has 0 bridgehead atoms. The van der Waals surface area contributed by atoms with E-state index in [0.29, 0.717) is 6.04 Å². The molecular formula is C17H16ClN3. The molecule has 21 heavy (non-hydrogen) atoms. The predicted octanol–water partition coefficient (Wildman–Crippen LogP) is 4.64. The average molecular weight is 298 g/mol. The number of hydrogen-bond acceptors (Lipinski definition) is 2. The normalized spacial score (nSPS) is 14.5. The van der Waals surface area contributed by atoms with Crippen molar-refractivity contribution in [1.82, 2.24) is 9.55 Å². The maximum absolute atomic E-state index is 5.91. The molecule has 2 aromatic carbocycles. The van der Waals surface area contributed by atoms with Gasteiger partial charge in [-0.15, -0.1) is 0 Å². The third-order valence-corrected chi connectivity index (χ3v) is 4.13.